The highest BCUT2D eigenvalue weighted by Gasteiger charge is 2.36. The van der Waals surface area contributed by atoms with Gasteiger partial charge in [-0.1, -0.05) is 33.1 Å². The van der Waals surface area contributed by atoms with Crippen molar-refractivity contribution >= 4 is 17.7 Å². The second kappa shape index (κ2) is 9.72. The number of rotatable bonds is 6. The SMILES string of the molecule is CC(C)CCN1CCNC(=O)[C@H]1CC(=O)N1CCN(C2CCCCC2)C(=O)C1. The third kappa shape index (κ3) is 5.25. The first-order valence-corrected chi connectivity index (χ1v) is 11.0. The van der Waals surface area contributed by atoms with Crippen LogP contribution in [0.1, 0.15) is 58.8 Å². The van der Waals surface area contributed by atoms with Gasteiger partial charge in [-0.25, -0.2) is 0 Å². The van der Waals surface area contributed by atoms with Crippen molar-refractivity contribution in [3.8, 4) is 0 Å². The standard InChI is InChI=1S/C21H36N4O3/c1-16(2)8-10-23-11-9-22-21(28)18(23)14-19(26)24-12-13-25(20(27)15-24)17-6-4-3-5-7-17/h16-18H,3-15H2,1-2H3,(H,22,28)/t18-/m1/s1. The minimum absolute atomic E-state index is 0.0597. The Kier molecular flexibility index (Phi) is 7.32. The van der Waals surface area contributed by atoms with Crippen LogP contribution in [0.4, 0.5) is 0 Å². The second-order valence-electron chi connectivity index (χ2n) is 8.92. The van der Waals surface area contributed by atoms with Crippen LogP contribution in [0.3, 0.4) is 0 Å². The number of hydrogen-bond donors (Lipinski definition) is 1. The Morgan fingerprint density at radius 3 is 2.54 bits per heavy atom. The molecule has 1 atom stereocenters. The second-order valence-corrected chi connectivity index (χ2v) is 8.92. The van der Waals surface area contributed by atoms with Crippen molar-refractivity contribution in [1.29, 1.82) is 0 Å². The average Bonchev–Trinajstić information content (AvgIpc) is 2.68. The molecule has 1 aliphatic carbocycles. The Bertz CT molecular complexity index is 574. The van der Waals surface area contributed by atoms with Crippen LogP contribution in [-0.4, -0.2) is 83.8 Å². The van der Waals surface area contributed by atoms with Crippen molar-refractivity contribution in [2.75, 3.05) is 39.3 Å². The maximum atomic E-state index is 12.9. The van der Waals surface area contributed by atoms with Gasteiger partial charge >= 0.3 is 0 Å². The van der Waals surface area contributed by atoms with E-state index in [1.54, 1.807) is 4.90 Å². The van der Waals surface area contributed by atoms with E-state index in [1.807, 2.05) is 4.90 Å². The number of nitrogens with one attached hydrogen (secondary N) is 1. The fraction of sp³-hybridized carbons (Fsp3) is 0.857. The molecule has 0 spiro atoms. The molecule has 0 aromatic carbocycles. The summed E-state index contributed by atoms with van der Waals surface area (Å²) < 4.78 is 0. The van der Waals surface area contributed by atoms with E-state index in [0.29, 0.717) is 31.6 Å². The van der Waals surface area contributed by atoms with Gasteiger partial charge in [-0.15, -0.1) is 0 Å². The lowest BCUT2D eigenvalue weighted by Gasteiger charge is -2.41. The van der Waals surface area contributed by atoms with Crippen molar-refractivity contribution < 1.29 is 14.4 Å². The Balaban J connectivity index is 1.54. The van der Waals surface area contributed by atoms with E-state index in [4.69, 9.17) is 0 Å². The van der Waals surface area contributed by atoms with Gasteiger partial charge in [0.25, 0.3) is 0 Å². The van der Waals surface area contributed by atoms with Gasteiger partial charge in [-0.05, 0) is 31.7 Å². The predicted molar refractivity (Wildman–Crippen MR) is 108 cm³/mol. The van der Waals surface area contributed by atoms with E-state index in [2.05, 4.69) is 24.1 Å². The molecule has 0 bridgehead atoms. The third-order valence-electron chi connectivity index (χ3n) is 6.43. The lowest BCUT2D eigenvalue weighted by atomic mass is 9.93. The molecule has 2 heterocycles. The van der Waals surface area contributed by atoms with Gasteiger partial charge in [-0.2, -0.15) is 0 Å². The van der Waals surface area contributed by atoms with Crippen LogP contribution in [-0.2, 0) is 14.4 Å². The van der Waals surface area contributed by atoms with Gasteiger partial charge in [0.05, 0.1) is 19.0 Å². The first-order valence-electron chi connectivity index (χ1n) is 11.0. The van der Waals surface area contributed by atoms with Crippen LogP contribution in [0.15, 0.2) is 0 Å². The van der Waals surface area contributed by atoms with Crippen LogP contribution in [0.2, 0.25) is 0 Å². The van der Waals surface area contributed by atoms with E-state index >= 15 is 0 Å². The van der Waals surface area contributed by atoms with Crippen LogP contribution in [0, 0.1) is 5.92 Å². The van der Waals surface area contributed by atoms with Crippen molar-refractivity contribution in [2.45, 2.75) is 70.9 Å². The fourth-order valence-electron chi connectivity index (χ4n) is 4.65. The first kappa shape index (κ1) is 21.1. The Labute approximate surface area is 168 Å². The molecule has 3 rings (SSSR count). The topological polar surface area (TPSA) is 73.0 Å². The molecule has 3 amide bonds. The quantitative estimate of drug-likeness (QED) is 0.738. The number of carbonyl (C=O) groups excluding carboxylic acids is 3. The summed E-state index contributed by atoms with van der Waals surface area (Å²) in [5.74, 6) is 0.492. The molecule has 28 heavy (non-hydrogen) atoms. The lowest BCUT2D eigenvalue weighted by molar-refractivity contribution is -0.149. The molecular formula is C21H36N4O3. The highest BCUT2D eigenvalue weighted by Crippen LogP contribution is 2.24. The molecule has 0 aromatic rings. The number of carbonyl (C=O) groups is 3. The first-order chi connectivity index (χ1) is 13.5. The summed E-state index contributed by atoms with van der Waals surface area (Å²) in [6, 6.07) is -0.0550. The number of hydrogen-bond acceptors (Lipinski definition) is 4. The van der Waals surface area contributed by atoms with Gasteiger partial charge in [-0.3, -0.25) is 19.3 Å². The summed E-state index contributed by atoms with van der Waals surface area (Å²) >= 11 is 0. The summed E-state index contributed by atoms with van der Waals surface area (Å²) in [5.41, 5.74) is 0. The average molecular weight is 393 g/mol. The van der Waals surface area contributed by atoms with Crippen LogP contribution < -0.4 is 5.32 Å². The molecular weight excluding hydrogens is 356 g/mol. The van der Waals surface area contributed by atoms with E-state index in [9.17, 15) is 14.4 Å². The highest BCUT2D eigenvalue weighted by molar-refractivity contribution is 5.91. The van der Waals surface area contributed by atoms with Crippen molar-refractivity contribution in [3.63, 3.8) is 0 Å². The van der Waals surface area contributed by atoms with Gasteiger partial charge in [0.2, 0.25) is 17.7 Å². The largest absolute Gasteiger partial charge is 0.353 e. The van der Waals surface area contributed by atoms with Gasteiger partial charge in [0.1, 0.15) is 0 Å². The summed E-state index contributed by atoms with van der Waals surface area (Å²) in [6.07, 6.45) is 7.01. The number of amides is 3. The van der Waals surface area contributed by atoms with Crippen molar-refractivity contribution in [3.05, 3.63) is 0 Å². The molecule has 7 nitrogen and oxygen atoms in total. The molecule has 1 N–H and O–H groups in total. The predicted octanol–water partition coefficient (Wildman–Crippen LogP) is 1.23. The zero-order valence-corrected chi connectivity index (χ0v) is 17.5. The smallest absolute Gasteiger partial charge is 0.242 e. The van der Waals surface area contributed by atoms with Gasteiger partial charge in [0.15, 0.2) is 0 Å². The van der Waals surface area contributed by atoms with Crippen LogP contribution in [0.25, 0.3) is 0 Å². The molecule has 2 aliphatic heterocycles. The molecule has 1 saturated carbocycles. The maximum absolute atomic E-state index is 12.9. The molecule has 0 aromatic heterocycles. The lowest BCUT2D eigenvalue weighted by Crippen LogP contribution is -2.59. The van der Waals surface area contributed by atoms with Crippen LogP contribution in [0.5, 0.6) is 0 Å². The maximum Gasteiger partial charge on any atom is 0.242 e. The van der Waals surface area contributed by atoms with E-state index in [1.165, 1.54) is 19.3 Å². The number of nitrogens with zero attached hydrogens (tertiary/aromatic N) is 3. The van der Waals surface area contributed by atoms with Crippen molar-refractivity contribution in [1.82, 2.24) is 20.0 Å². The van der Waals surface area contributed by atoms with Crippen LogP contribution >= 0.6 is 0 Å². The summed E-state index contributed by atoms with van der Waals surface area (Å²) in [5, 5.41) is 2.89. The normalized spacial score (nSPS) is 25.3. The van der Waals surface area contributed by atoms with Crippen molar-refractivity contribution in [2.24, 2.45) is 5.92 Å². The zero-order valence-electron chi connectivity index (χ0n) is 17.5. The van der Waals surface area contributed by atoms with E-state index < -0.39 is 6.04 Å². The summed E-state index contributed by atoms with van der Waals surface area (Å²) in [4.78, 5) is 43.7. The zero-order chi connectivity index (χ0) is 20.1. The molecule has 7 heteroatoms. The fourth-order valence-corrected chi connectivity index (χ4v) is 4.65. The van der Waals surface area contributed by atoms with E-state index in [0.717, 1.165) is 32.4 Å². The number of piperazine rings is 2. The molecule has 158 valence electrons. The van der Waals surface area contributed by atoms with Gasteiger partial charge in [0, 0.05) is 32.2 Å². The Hall–Kier alpha value is -1.63. The molecule has 0 unspecified atom stereocenters. The minimum atomic E-state index is -0.411. The Morgan fingerprint density at radius 2 is 1.86 bits per heavy atom. The molecule has 2 saturated heterocycles. The molecule has 3 aliphatic rings. The van der Waals surface area contributed by atoms with E-state index in [-0.39, 0.29) is 30.7 Å². The minimum Gasteiger partial charge on any atom is -0.353 e. The summed E-state index contributed by atoms with van der Waals surface area (Å²) in [6.45, 7) is 7.96. The summed E-state index contributed by atoms with van der Waals surface area (Å²) in [7, 11) is 0. The Morgan fingerprint density at radius 1 is 1.11 bits per heavy atom. The highest BCUT2D eigenvalue weighted by atomic mass is 16.2. The monoisotopic (exact) mass is 392 g/mol. The third-order valence-corrected chi connectivity index (χ3v) is 6.43. The molecule has 3 fully saturated rings. The van der Waals surface area contributed by atoms with Gasteiger partial charge < -0.3 is 15.1 Å². The molecule has 0 radical (unpaired) electrons.